The first-order valence-corrected chi connectivity index (χ1v) is 10.8. The quantitative estimate of drug-likeness (QED) is 0.353. The number of benzene rings is 2. The molecule has 2 aromatic heterocycles. The fourth-order valence-corrected chi connectivity index (χ4v) is 4.20. The number of alkyl halides is 6. The molecule has 6 nitrogen and oxygen atoms in total. The molecule has 1 aliphatic rings. The predicted molar refractivity (Wildman–Crippen MR) is 118 cm³/mol. The molecule has 0 saturated carbocycles. The molecule has 1 aliphatic heterocycles. The van der Waals surface area contributed by atoms with E-state index in [2.05, 4.69) is 19.9 Å². The normalized spacial score (nSPS) is 15.6. The van der Waals surface area contributed by atoms with Crippen molar-refractivity contribution in [1.82, 2.24) is 19.9 Å². The fourth-order valence-electron chi connectivity index (χ4n) is 4.20. The van der Waals surface area contributed by atoms with E-state index in [1.54, 1.807) is 46.2 Å². The Morgan fingerprint density at radius 1 is 0.543 bits per heavy atom. The molecule has 0 bridgehead atoms. The number of fused-ring (bicyclic) bond motifs is 2. The van der Waals surface area contributed by atoms with Gasteiger partial charge in [0.25, 0.3) is 0 Å². The van der Waals surface area contributed by atoms with Gasteiger partial charge in [0.2, 0.25) is 11.6 Å². The van der Waals surface area contributed by atoms with Crippen LogP contribution in [0.2, 0.25) is 0 Å². The molecule has 0 atom stereocenters. The number of rotatable bonds is 2. The molecule has 0 unspecified atom stereocenters. The van der Waals surface area contributed by atoms with Gasteiger partial charge in [0.05, 0.1) is 11.0 Å². The highest BCUT2D eigenvalue weighted by atomic mass is 19.4. The molecule has 0 aliphatic carbocycles. The van der Waals surface area contributed by atoms with E-state index in [0.717, 1.165) is 0 Å². The first-order valence-electron chi connectivity index (χ1n) is 10.8. The third-order valence-corrected chi connectivity index (χ3v) is 5.77. The molecule has 1 fully saturated rings. The van der Waals surface area contributed by atoms with Gasteiger partial charge in [0.1, 0.15) is 11.6 Å². The van der Waals surface area contributed by atoms with Gasteiger partial charge in [-0.3, -0.25) is 0 Å². The Hall–Kier alpha value is -3.70. The van der Waals surface area contributed by atoms with Crippen LogP contribution >= 0.6 is 0 Å². The average Bonchev–Trinajstić information content (AvgIpc) is 3.07. The first kappa shape index (κ1) is 23.1. The lowest BCUT2D eigenvalue weighted by atomic mass is 10.2. The maximum absolute atomic E-state index is 13.5. The average molecular weight is 492 g/mol. The van der Waals surface area contributed by atoms with Gasteiger partial charge in [-0.1, -0.05) is 24.3 Å². The summed E-state index contributed by atoms with van der Waals surface area (Å²) in [4.78, 5) is 18.4. The monoisotopic (exact) mass is 492 g/mol. The number of para-hydroxylation sites is 2. The van der Waals surface area contributed by atoms with Gasteiger partial charge in [-0.2, -0.15) is 26.3 Å². The maximum atomic E-state index is 13.5. The summed E-state index contributed by atoms with van der Waals surface area (Å²) in [5, 5.41) is 0.946. The third-order valence-electron chi connectivity index (χ3n) is 5.77. The zero-order valence-corrected chi connectivity index (χ0v) is 18.1. The molecule has 35 heavy (non-hydrogen) atoms. The topological polar surface area (TPSA) is 58.0 Å². The van der Waals surface area contributed by atoms with Gasteiger partial charge < -0.3 is 9.80 Å². The Balaban J connectivity index is 1.52. The van der Waals surface area contributed by atoms with E-state index in [4.69, 9.17) is 0 Å². The van der Waals surface area contributed by atoms with E-state index in [1.807, 2.05) is 0 Å². The van der Waals surface area contributed by atoms with Crippen LogP contribution in [0.1, 0.15) is 18.1 Å². The summed E-state index contributed by atoms with van der Waals surface area (Å²) in [7, 11) is 0. The van der Waals surface area contributed by atoms with Crippen LogP contribution in [0.5, 0.6) is 0 Å². The highest BCUT2D eigenvalue weighted by Crippen LogP contribution is 2.34. The summed E-state index contributed by atoms with van der Waals surface area (Å²) in [6, 6.07) is 12.9. The van der Waals surface area contributed by atoms with Crippen molar-refractivity contribution in [3.8, 4) is 0 Å². The molecule has 182 valence electrons. The molecule has 3 heterocycles. The fraction of sp³-hybridized carbons (Fsp3) is 0.304. The van der Waals surface area contributed by atoms with Crippen LogP contribution in [0, 0.1) is 0 Å². The molecule has 12 heteroatoms. The summed E-state index contributed by atoms with van der Waals surface area (Å²) in [5.41, 5.74) is 0.338. The largest absolute Gasteiger partial charge is 0.451 e. The predicted octanol–water partition coefficient (Wildman–Crippen LogP) is 5.33. The Kier molecular flexibility index (Phi) is 5.60. The zero-order valence-electron chi connectivity index (χ0n) is 18.1. The van der Waals surface area contributed by atoms with Gasteiger partial charge in [-0.25, -0.2) is 19.9 Å². The van der Waals surface area contributed by atoms with Crippen molar-refractivity contribution in [2.24, 2.45) is 0 Å². The van der Waals surface area contributed by atoms with Crippen molar-refractivity contribution in [1.29, 1.82) is 0 Å². The van der Waals surface area contributed by atoms with Crippen LogP contribution < -0.4 is 9.80 Å². The van der Waals surface area contributed by atoms with Crippen LogP contribution in [0.25, 0.3) is 21.8 Å². The van der Waals surface area contributed by atoms with Crippen LogP contribution in [0.15, 0.2) is 48.5 Å². The first-order chi connectivity index (χ1) is 16.6. The zero-order chi connectivity index (χ0) is 24.8. The lowest BCUT2D eigenvalue weighted by Gasteiger charge is -2.25. The second-order valence-electron chi connectivity index (χ2n) is 8.10. The van der Waals surface area contributed by atoms with Crippen molar-refractivity contribution in [2.45, 2.75) is 18.8 Å². The smallest absolute Gasteiger partial charge is 0.354 e. The minimum atomic E-state index is -4.72. The number of aromatic nitrogens is 4. The summed E-state index contributed by atoms with van der Waals surface area (Å²) in [6.07, 6.45) is -8.96. The van der Waals surface area contributed by atoms with E-state index < -0.39 is 24.0 Å². The second kappa shape index (κ2) is 8.51. The molecule has 0 amide bonds. The van der Waals surface area contributed by atoms with Gasteiger partial charge in [-0.15, -0.1) is 0 Å². The number of nitrogens with zero attached hydrogens (tertiary/aromatic N) is 6. The Labute approximate surface area is 195 Å². The number of hydrogen-bond acceptors (Lipinski definition) is 6. The Morgan fingerprint density at radius 2 is 0.943 bits per heavy atom. The van der Waals surface area contributed by atoms with Crippen LogP contribution in [-0.4, -0.2) is 46.1 Å². The van der Waals surface area contributed by atoms with Crippen molar-refractivity contribution in [3.63, 3.8) is 0 Å². The van der Waals surface area contributed by atoms with Gasteiger partial charge in [-0.05, 0) is 30.7 Å². The summed E-state index contributed by atoms with van der Waals surface area (Å²) >= 11 is 0. The number of anilines is 2. The summed E-state index contributed by atoms with van der Waals surface area (Å²) < 4.78 is 80.7. The molecule has 4 aromatic rings. The SMILES string of the molecule is FC(F)(F)c1nc(N2CCCN(c3nc(C(F)(F)F)nc4ccccc34)CC2)c2ccccc2n1. The second-order valence-corrected chi connectivity index (χ2v) is 8.10. The highest BCUT2D eigenvalue weighted by molar-refractivity contribution is 5.91. The molecular weight excluding hydrogens is 474 g/mol. The lowest BCUT2D eigenvalue weighted by Crippen LogP contribution is -2.32. The molecule has 0 radical (unpaired) electrons. The van der Waals surface area contributed by atoms with Crippen LogP contribution in [0.4, 0.5) is 38.0 Å². The van der Waals surface area contributed by atoms with E-state index in [0.29, 0.717) is 30.3 Å². The van der Waals surface area contributed by atoms with Crippen molar-refractivity contribution in [3.05, 3.63) is 60.2 Å². The van der Waals surface area contributed by atoms with Crippen LogP contribution in [-0.2, 0) is 12.4 Å². The summed E-state index contributed by atoms with van der Waals surface area (Å²) in [5.74, 6) is -2.17. The summed E-state index contributed by atoms with van der Waals surface area (Å²) in [6.45, 7) is 1.20. The van der Waals surface area contributed by atoms with Gasteiger partial charge in [0, 0.05) is 37.0 Å². The third kappa shape index (κ3) is 4.52. The van der Waals surface area contributed by atoms with Crippen molar-refractivity contribution >= 4 is 33.4 Å². The van der Waals surface area contributed by atoms with Crippen molar-refractivity contribution in [2.75, 3.05) is 36.0 Å². The number of halogens is 6. The van der Waals surface area contributed by atoms with E-state index in [1.165, 1.54) is 12.1 Å². The molecule has 0 spiro atoms. The number of hydrogen-bond donors (Lipinski definition) is 0. The maximum Gasteiger partial charge on any atom is 0.451 e. The standard InChI is InChI=1S/C23H18F6N6/c24-22(25,26)20-30-16-8-3-1-6-14(16)18(32-20)34-10-5-11-35(13-12-34)19-15-7-2-4-9-17(15)31-21(33-19)23(27,28)29/h1-4,6-9H,5,10-13H2. The van der Waals surface area contributed by atoms with E-state index in [-0.39, 0.29) is 35.8 Å². The van der Waals surface area contributed by atoms with Gasteiger partial charge >= 0.3 is 12.4 Å². The minimum absolute atomic E-state index is 0.147. The van der Waals surface area contributed by atoms with E-state index in [9.17, 15) is 26.3 Å². The molecular formula is C23H18F6N6. The minimum Gasteiger partial charge on any atom is -0.354 e. The molecule has 1 saturated heterocycles. The molecule has 2 aromatic carbocycles. The highest BCUT2D eigenvalue weighted by Gasteiger charge is 2.37. The Morgan fingerprint density at radius 3 is 1.34 bits per heavy atom. The Bertz CT molecular complexity index is 1280. The van der Waals surface area contributed by atoms with Crippen LogP contribution in [0.3, 0.4) is 0 Å². The lowest BCUT2D eigenvalue weighted by molar-refractivity contribution is -0.145. The van der Waals surface area contributed by atoms with Gasteiger partial charge in [0.15, 0.2) is 0 Å². The molecule has 0 N–H and O–H groups in total. The van der Waals surface area contributed by atoms with Crippen molar-refractivity contribution < 1.29 is 26.3 Å². The molecule has 5 rings (SSSR count). The van der Waals surface area contributed by atoms with E-state index >= 15 is 0 Å².